The summed E-state index contributed by atoms with van der Waals surface area (Å²) in [5.74, 6) is 0. The first-order valence-electron chi connectivity index (χ1n) is 4.93. The SMILES string of the molecule is CC1(C)CCCC(C)(C)N1OC(=O)Cl. The minimum absolute atomic E-state index is 0.133. The molecule has 3 nitrogen and oxygen atoms in total. The Morgan fingerprint density at radius 2 is 1.64 bits per heavy atom. The zero-order chi connectivity index (χ0) is 11.0. The third-order valence-corrected chi connectivity index (χ3v) is 2.91. The van der Waals surface area contributed by atoms with Gasteiger partial charge in [-0.3, -0.25) is 0 Å². The second-order valence-corrected chi connectivity index (χ2v) is 5.41. The molecule has 0 aromatic rings. The van der Waals surface area contributed by atoms with Gasteiger partial charge < -0.3 is 4.84 Å². The summed E-state index contributed by atoms with van der Waals surface area (Å²) in [6.07, 6.45) is 3.18. The predicted molar refractivity (Wildman–Crippen MR) is 56.2 cm³/mol. The number of carbonyl (C=O) groups is 1. The number of hydrogen-bond acceptors (Lipinski definition) is 3. The van der Waals surface area contributed by atoms with Crippen LogP contribution in [0.15, 0.2) is 0 Å². The van der Waals surface area contributed by atoms with Crippen molar-refractivity contribution in [1.82, 2.24) is 5.06 Å². The van der Waals surface area contributed by atoms with Gasteiger partial charge in [0.05, 0.1) is 11.1 Å². The first kappa shape index (κ1) is 11.8. The number of carbonyl (C=O) groups excluding carboxylic acids is 1. The average molecular weight is 220 g/mol. The first-order valence-corrected chi connectivity index (χ1v) is 5.31. The molecule has 0 aromatic carbocycles. The Balaban J connectivity index is 2.85. The van der Waals surface area contributed by atoms with Crippen LogP contribution >= 0.6 is 11.6 Å². The van der Waals surface area contributed by atoms with Gasteiger partial charge in [0.15, 0.2) is 0 Å². The quantitative estimate of drug-likeness (QED) is 0.634. The predicted octanol–water partition coefficient (Wildman–Crippen LogP) is 3.32. The van der Waals surface area contributed by atoms with E-state index < -0.39 is 5.43 Å². The molecule has 0 aliphatic carbocycles. The van der Waals surface area contributed by atoms with E-state index in [1.807, 2.05) is 0 Å². The van der Waals surface area contributed by atoms with Crippen LogP contribution in [-0.2, 0) is 4.84 Å². The van der Waals surface area contributed by atoms with Crippen molar-refractivity contribution in [2.75, 3.05) is 0 Å². The van der Waals surface area contributed by atoms with Crippen molar-refractivity contribution in [2.24, 2.45) is 0 Å². The van der Waals surface area contributed by atoms with Crippen LogP contribution in [-0.4, -0.2) is 21.6 Å². The molecule has 1 heterocycles. The molecule has 1 aliphatic heterocycles. The van der Waals surface area contributed by atoms with E-state index in [-0.39, 0.29) is 11.1 Å². The molecular weight excluding hydrogens is 202 g/mol. The summed E-state index contributed by atoms with van der Waals surface area (Å²) < 4.78 is 0. The summed E-state index contributed by atoms with van der Waals surface area (Å²) in [6.45, 7) is 8.25. The van der Waals surface area contributed by atoms with Crippen molar-refractivity contribution in [3.05, 3.63) is 0 Å². The summed E-state index contributed by atoms with van der Waals surface area (Å²) in [5, 5.41) is 1.73. The van der Waals surface area contributed by atoms with Crippen LogP contribution in [0.25, 0.3) is 0 Å². The molecule has 1 saturated heterocycles. The number of rotatable bonds is 1. The maximum atomic E-state index is 10.8. The summed E-state index contributed by atoms with van der Waals surface area (Å²) in [6, 6.07) is 0. The van der Waals surface area contributed by atoms with Gasteiger partial charge in [-0.1, -0.05) is 0 Å². The van der Waals surface area contributed by atoms with Crippen LogP contribution in [0.3, 0.4) is 0 Å². The lowest BCUT2D eigenvalue weighted by molar-refractivity contribution is -0.233. The molecule has 1 rings (SSSR count). The largest absolute Gasteiger partial charge is 0.422 e. The highest BCUT2D eigenvalue weighted by atomic mass is 35.5. The van der Waals surface area contributed by atoms with Gasteiger partial charge in [-0.05, 0) is 47.0 Å². The highest BCUT2D eigenvalue weighted by molar-refractivity contribution is 6.61. The zero-order valence-electron chi connectivity index (χ0n) is 9.26. The van der Waals surface area contributed by atoms with E-state index in [4.69, 9.17) is 16.4 Å². The molecule has 0 N–H and O–H groups in total. The van der Waals surface area contributed by atoms with Gasteiger partial charge in [-0.15, -0.1) is 5.06 Å². The Morgan fingerprint density at radius 1 is 1.21 bits per heavy atom. The lowest BCUT2D eigenvalue weighted by Crippen LogP contribution is -2.58. The Kier molecular flexibility index (Phi) is 3.12. The molecular formula is C10H18ClNO2. The molecule has 0 saturated carbocycles. The average Bonchev–Trinajstić information content (AvgIpc) is 1.96. The van der Waals surface area contributed by atoms with Gasteiger partial charge >= 0.3 is 5.43 Å². The van der Waals surface area contributed by atoms with Crippen LogP contribution in [0.4, 0.5) is 4.79 Å². The maximum Gasteiger partial charge on any atom is 0.422 e. The number of hydroxylamine groups is 2. The molecule has 14 heavy (non-hydrogen) atoms. The van der Waals surface area contributed by atoms with Crippen LogP contribution in [0.5, 0.6) is 0 Å². The van der Waals surface area contributed by atoms with E-state index in [1.165, 1.54) is 0 Å². The van der Waals surface area contributed by atoms with Crippen molar-refractivity contribution < 1.29 is 9.63 Å². The van der Waals surface area contributed by atoms with Crippen LogP contribution in [0.1, 0.15) is 47.0 Å². The number of hydrogen-bond donors (Lipinski definition) is 0. The van der Waals surface area contributed by atoms with Gasteiger partial charge in [0, 0.05) is 11.6 Å². The molecule has 0 radical (unpaired) electrons. The van der Waals surface area contributed by atoms with E-state index >= 15 is 0 Å². The summed E-state index contributed by atoms with van der Waals surface area (Å²) in [7, 11) is 0. The molecule has 1 fully saturated rings. The molecule has 82 valence electrons. The second kappa shape index (κ2) is 3.70. The standard InChI is InChI=1S/C10H18ClNO2/c1-9(2)6-5-7-10(3,4)12(9)14-8(11)13/h5-7H2,1-4H3. The van der Waals surface area contributed by atoms with Crippen LogP contribution in [0, 0.1) is 0 Å². The van der Waals surface area contributed by atoms with Gasteiger partial charge in [-0.25, -0.2) is 4.79 Å². The Hall–Kier alpha value is -0.280. The number of nitrogens with zero attached hydrogens (tertiary/aromatic N) is 1. The van der Waals surface area contributed by atoms with E-state index in [0.29, 0.717) is 0 Å². The van der Waals surface area contributed by atoms with Crippen molar-refractivity contribution in [2.45, 2.75) is 58.0 Å². The van der Waals surface area contributed by atoms with Crippen molar-refractivity contribution in [1.29, 1.82) is 0 Å². The smallest absolute Gasteiger partial charge is 0.354 e. The fourth-order valence-corrected chi connectivity index (χ4v) is 2.36. The van der Waals surface area contributed by atoms with Crippen LogP contribution in [0.2, 0.25) is 0 Å². The van der Waals surface area contributed by atoms with E-state index in [9.17, 15) is 4.79 Å². The fraction of sp³-hybridized carbons (Fsp3) is 0.900. The molecule has 0 spiro atoms. The Bertz CT molecular complexity index is 222. The minimum atomic E-state index is -0.756. The molecule has 0 atom stereocenters. The molecule has 0 aromatic heterocycles. The van der Waals surface area contributed by atoms with Crippen molar-refractivity contribution >= 4 is 17.0 Å². The monoisotopic (exact) mass is 219 g/mol. The van der Waals surface area contributed by atoms with E-state index in [2.05, 4.69) is 27.7 Å². The Labute approximate surface area is 90.3 Å². The third kappa shape index (κ3) is 2.39. The van der Waals surface area contributed by atoms with E-state index in [0.717, 1.165) is 19.3 Å². The molecule has 1 aliphatic rings. The second-order valence-electron chi connectivity index (χ2n) is 5.10. The van der Waals surface area contributed by atoms with E-state index in [1.54, 1.807) is 5.06 Å². The molecule has 4 heteroatoms. The minimum Gasteiger partial charge on any atom is -0.354 e. The highest BCUT2D eigenvalue weighted by Crippen LogP contribution is 2.38. The van der Waals surface area contributed by atoms with Crippen LogP contribution < -0.4 is 0 Å². The fourth-order valence-electron chi connectivity index (χ4n) is 2.29. The number of halogens is 1. The lowest BCUT2D eigenvalue weighted by Gasteiger charge is -2.49. The van der Waals surface area contributed by atoms with Crippen molar-refractivity contribution in [3.8, 4) is 0 Å². The van der Waals surface area contributed by atoms with Gasteiger partial charge in [-0.2, -0.15) is 0 Å². The van der Waals surface area contributed by atoms with Gasteiger partial charge in [0.2, 0.25) is 0 Å². The summed E-state index contributed by atoms with van der Waals surface area (Å²) in [4.78, 5) is 15.9. The number of piperidine rings is 1. The lowest BCUT2D eigenvalue weighted by atomic mass is 9.82. The summed E-state index contributed by atoms with van der Waals surface area (Å²) >= 11 is 5.26. The van der Waals surface area contributed by atoms with Crippen molar-refractivity contribution in [3.63, 3.8) is 0 Å². The van der Waals surface area contributed by atoms with Gasteiger partial charge in [0.1, 0.15) is 0 Å². The Morgan fingerprint density at radius 3 is 2.00 bits per heavy atom. The zero-order valence-corrected chi connectivity index (χ0v) is 10.0. The third-order valence-electron chi connectivity index (χ3n) is 2.84. The maximum absolute atomic E-state index is 10.8. The molecule has 0 bridgehead atoms. The molecule has 0 amide bonds. The highest BCUT2D eigenvalue weighted by Gasteiger charge is 2.44. The topological polar surface area (TPSA) is 29.5 Å². The summed E-state index contributed by atoms with van der Waals surface area (Å²) in [5.41, 5.74) is -1.02. The molecule has 0 unspecified atom stereocenters. The first-order chi connectivity index (χ1) is 6.26. The van der Waals surface area contributed by atoms with Gasteiger partial charge in [0.25, 0.3) is 0 Å². The normalized spacial score (nSPS) is 25.8.